The number of nitrogens with zero attached hydrogens (tertiary/aromatic N) is 1. The Kier molecular flexibility index (Phi) is 4.03. The van der Waals surface area contributed by atoms with E-state index in [4.69, 9.17) is 0 Å². The van der Waals surface area contributed by atoms with Gasteiger partial charge in [0.05, 0.1) is 6.04 Å². The van der Waals surface area contributed by atoms with E-state index in [0.717, 1.165) is 0 Å². The van der Waals surface area contributed by atoms with E-state index < -0.39 is 0 Å². The molecule has 0 radical (unpaired) electrons. The molecule has 0 saturated carbocycles. The smallest absolute Gasteiger partial charge is 0.254 e. The minimum Gasteiger partial charge on any atom is -0.508 e. The molecule has 2 aromatic rings. The Morgan fingerprint density at radius 3 is 2.29 bits per heavy atom. The van der Waals surface area contributed by atoms with Gasteiger partial charge in [0.25, 0.3) is 5.91 Å². The number of benzene rings is 2. The summed E-state index contributed by atoms with van der Waals surface area (Å²) in [7, 11) is 1.61. The number of phenolic OH excluding ortho intramolecular Hbond substituents is 3. The van der Waals surface area contributed by atoms with Crippen molar-refractivity contribution in [2.75, 3.05) is 7.05 Å². The summed E-state index contributed by atoms with van der Waals surface area (Å²) in [5, 5.41) is 28.6. The lowest BCUT2D eigenvalue weighted by Gasteiger charge is -2.26. The molecule has 0 aromatic heterocycles. The summed E-state index contributed by atoms with van der Waals surface area (Å²) in [4.78, 5) is 13.8. The first kappa shape index (κ1) is 14.7. The van der Waals surface area contributed by atoms with E-state index >= 15 is 0 Å². The Morgan fingerprint density at radius 1 is 1.00 bits per heavy atom. The number of phenols is 3. The molecule has 1 atom stereocenters. The van der Waals surface area contributed by atoms with E-state index in [9.17, 15) is 20.1 Å². The van der Waals surface area contributed by atoms with Crippen molar-refractivity contribution >= 4 is 5.91 Å². The minimum absolute atomic E-state index is 0.123. The summed E-state index contributed by atoms with van der Waals surface area (Å²) in [5.41, 5.74) is 0.895. The Bertz CT molecular complexity index is 669. The van der Waals surface area contributed by atoms with Crippen LogP contribution in [-0.2, 0) is 0 Å². The van der Waals surface area contributed by atoms with Gasteiger partial charge in [0.15, 0.2) is 11.5 Å². The second kappa shape index (κ2) is 5.75. The van der Waals surface area contributed by atoms with Crippen molar-refractivity contribution in [2.45, 2.75) is 13.0 Å². The number of carbonyl (C=O) groups is 1. The molecule has 0 aliphatic rings. The number of carbonyl (C=O) groups excluding carboxylic acids is 1. The number of aromatic hydroxyl groups is 3. The molecular weight excluding hydrogens is 270 g/mol. The summed E-state index contributed by atoms with van der Waals surface area (Å²) >= 11 is 0. The predicted molar refractivity (Wildman–Crippen MR) is 78.4 cm³/mol. The molecule has 110 valence electrons. The van der Waals surface area contributed by atoms with Gasteiger partial charge in [-0.3, -0.25) is 4.79 Å². The van der Waals surface area contributed by atoms with Crippen molar-refractivity contribution in [2.24, 2.45) is 0 Å². The molecule has 0 aliphatic carbocycles. The van der Waals surface area contributed by atoms with Crippen molar-refractivity contribution in [1.82, 2.24) is 4.90 Å². The molecule has 0 fully saturated rings. The van der Waals surface area contributed by atoms with Crippen LogP contribution >= 0.6 is 0 Å². The zero-order chi connectivity index (χ0) is 15.6. The fraction of sp³-hybridized carbons (Fsp3) is 0.188. The van der Waals surface area contributed by atoms with Gasteiger partial charge < -0.3 is 20.2 Å². The van der Waals surface area contributed by atoms with E-state index in [-0.39, 0.29) is 34.8 Å². The van der Waals surface area contributed by atoms with Crippen LogP contribution in [0.15, 0.2) is 42.5 Å². The average molecular weight is 287 g/mol. The highest BCUT2D eigenvalue weighted by atomic mass is 16.3. The number of hydrogen-bond donors (Lipinski definition) is 3. The summed E-state index contributed by atoms with van der Waals surface area (Å²) in [6.45, 7) is 1.80. The van der Waals surface area contributed by atoms with Crippen molar-refractivity contribution in [3.8, 4) is 17.2 Å². The highest BCUT2D eigenvalue weighted by Gasteiger charge is 2.21. The Balaban J connectivity index is 2.26. The monoisotopic (exact) mass is 287 g/mol. The molecule has 0 saturated heterocycles. The predicted octanol–water partition coefficient (Wildman–Crippen LogP) is 2.64. The van der Waals surface area contributed by atoms with Gasteiger partial charge in [-0.05, 0) is 31.2 Å². The van der Waals surface area contributed by atoms with Gasteiger partial charge in [0.1, 0.15) is 5.75 Å². The topological polar surface area (TPSA) is 81.0 Å². The largest absolute Gasteiger partial charge is 0.508 e. The van der Waals surface area contributed by atoms with Gasteiger partial charge in [0.2, 0.25) is 0 Å². The molecule has 5 heteroatoms. The highest BCUT2D eigenvalue weighted by Crippen LogP contribution is 2.30. The van der Waals surface area contributed by atoms with E-state index in [0.29, 0.717) is 5.56 Å². The Hall–Kier alpha value is -2.69. The van der Waals surface area contributed by atoms with Crippen LogP contribution in [0.1, 0.15) is 28.9 Å². The molecule has 0 spiro atoms. The lowest BCUT2D eigenvalue weighted by Crippen LogP contribution is -2.29. The molecule has 1 unspecified atom stereocenters. The Labute approximate surface area is 122 Å². The average Bonchev–Trinajstić information content (AvgIpc) is 2.48. The van der Waals surface area contributed by atoms with Crippen molar-refractivity contribution in [3.63, 3.8) is 0 Å². The highest BCUT2D eigenvalue weighted by molar-refractivity contribution is 5.95. The normalized spacial score (nSPS) is 11.9. The molecule has 2 aromatic carbocycles. The van der Waals surface area contributed by atoms with Crippen LogP contribution in [0.4, 0.5) is 0 Å². The SMILES string of the molecule is CC(c1ccccc1O)N(C)C(=O)c1ccc(O)c(O)c1. The molecule has 0 heterocycles. The maximum Gasteiger partial charge on any atom is 0.254 e. The second-order valence-electron chi connectivity index (χ2n) is 4.85. The van der Waals surface area contributed by atoms with Crippen LogP contribution in [0.2, 0.25) is 0 Å². The van der Waals surface area contributed by atoms with E-state index in [1.54, 1.807) is 38.2 Å². The molecule has 21 heavy (non-hydrogen) atoms. The third-order valence-corrected chi connectivity index (χ3v) is 3.51. The van der Waals surface area contributed by atoms with Crippen LogP contribution in [0, 0.1) is 0 Å². The van der Waals surface area contributed by atoms with E-state index in [2.05, 4.69) is 0 Å². The standard InChI is InChI=1S/C16H17NO4/c1-10(12-5-3-4-6-13(12)18)17(2)16(21)11-7-8-14(19)15(20)9-11/h3-10,18-20H,1-2H3. The minimum atomic E-state index is -0.343. The van der Waals surface area contributed by atoms with Crippen molar-refractivity contribution in [3.05, 3.63) is 53.6 Å². The van der Waals surface area contributed by atoms with Gasteiger partial charge in [-0.15, -0.1) is 0 Å². The van der Waals surface area contributed by atoms with Gasteiger partial charge >= 0.3 is 0 Å². The number of hydrogen-bond acceptors (Lipinski definition) is 4. The summed E-state index contributed by atoms with van der Waals surface area (Å²) < 4.78 is 0. The van der Waals surface area contributed by atoms with Gasteiger partial charge in [-0.2, -0.15) is 0 Å². The molecule has 3 N–H and O–H groups in total. The second-order valence-corrected chi connectivity index (χ2v) is 4.85. The molecular formula is C16H17NO4. The maximum absolute atomic E-state index is 12.4. The summed E-state index contributed by atoms with van der Waals surface area (Å²) in [5.74, 6) is -0.813. The van der Waals surface area contributed by atoms with Crippen LogP contribution < -0.4 is 0 Å². The van der Waals surface area contributed by atoms with Gasteiger partial charge in [-0.25, -0.2) is 0 Å². The fourth-order valence-electron chi connectivity index (χ4n) is 2.09. The third kappa shape index (κ3) is 2.91. The van der Waals surface area contributed by atoms with E-state index in [1.165, 1.54) is 23.1 Å². The first-order valence-corrected chi connectivity index (χ1v) is 6.49. The summed E-state index contributed by atoms with van der Waals surface area (Å²) in [6, 6.07) is 10.4. The zero-order valence-corrected chi connectivity index (χ0v) is 11.8. The quantitative estimate of drug-likeness (QED) is 0.758. The van der Waals surface area contributed by atoms with Crippen LogP contribution in [0.5, 0.6) is 17.2 Å². The number of para-hydroxylation sites is 1. The molecule has 5 nitrogen and oxygen atoms in total. The molecule has 2 rings (SSSR count). The third-order valence-electron chi connectivity index (χ3n) is 3.51. The summed E-state index contributed by atoms with van der Waals surface area (Å²) in [6.07, 6.45) is 0. The number of amides is 1. The first-order chi connectivity index (χ1) is 9.91. The van der Waals surface area contributed by atoms with Gasteiger partial charge in [-0.1, -0.05) is 18.2 Å². The van der Waals surface area contributed by atoms with E-state index in [1.807, 2.05) is 0 Å². The number of rotatable bonds is 3. The molecule has 0 aliphatic heterocycles. The maximum atomic E-state index is 12.4. The Morgan fingerprint density at radius 2 is 1.67 bits per heavy atom. The van der Waals surface area contributed by atoms with Crippen molar-refractivity contribution in [1.29, 1.82) is 0 Å². The van der Waals surface area contributed by atoms with Crippen LogP contribution in [-0.4, -0.2) is 33.2 Å². The fourth-order valence-corrected chi connectivity index (χ4v) is 2.09. The zero-order valence-electron chi connectivity index (χ0n) is 11.8. The van der Waals surface area contributed by atoms with Crippen molar-refractivity contribution < 1.29 is 20.1 Å². The molecule has 1 amide bonds. The first-order valence-electron chi connectivity index (χ1n) is 6.49. The van der Waals surface area contributed by atoms with Crippen LogP contribution in [0.3, 0.4) is 0 Å². The molecule has 0 bridgehead atoms. The van der Waals surface area contributed by atoms with Crippen LogP contribution in [0.25, 0.3) is 0 Å². The lowest BCUT2D eigenvalue weighted by atomic mass is 10.0. The van der Waals surface area contributed by atoms with Gasteiger partial charge in [0, 0.05) is 18.2 Å². The lowest BCUT2D eigenvalue weighted by molar-refractivity contribution is 0.0741.